The molecular weight excluding hydrogens is 220 g/mol. The van der Waals surface area contributed by atoms with Crippen LogP contribution in [0.4, 0.5) is 8.78 Å². The molecule has 0 amide bonds. The molecule has 2 rings (SSSR count). The van der Waals surface area contributed by atoms with E-state index in [0.29, 0.717) is 5.92 Å². The van der Waals surface area contributed by atoms with Crippen LogP contribution in [-0.2, 0) is 5.54 Å². The maximum atomic E-state index is 13.3. The second kappa shape index (κ2) is 4.73. The maximum absolute atomic E-state index is 13.3. The van der Waals surface area contributed by atoms with Gasteiger partial charge in [0.15, 0.2) is 11.6 Å². The Bertz CT molecular complexity index is 405. The lowest BCUT2D eigenvalue weighted by atomic mass is 9.72. The van der Waals surface area contributed by atoms with Crippen molar-refractivity contribution in [2.45, 2.75) is 44.6 Å². The minimum atomic E-state index is -0.805. The van der Waals surface area contributed by atoms with E-state index in [1.165, 1.54) is 18.6 Å². The third-order valence-electron chi connectivity index (χ3n) is 3.96. The maximum Gasteiger partial charge on any atom is 0.159 e. The van der Waals surface area contributed by atoms with Crippen molar-refractivity contribution in [3.8, 4) is 0 Å². The van der Waals surface area contributed by atoms with Crippen LogP contribution >= 0.6 is 0 Å². The number of rotatable bonds is 2. The van der Waals surface area contributed by atoms with Gasteiger partial charge in [0, 0.05) is 5.54 Å². The Morgan fingerprint density at radius 1 is 1.35 bits per heavy atom. The Kier molecular flexibility index (Phi) is 3.48. The summed E-state index contributed by atoms with van der Waals surface area (Å²) < 4.78 is 26.2. The van der Waals surface area contributed by atoms with Gasteiger partial charge in [-0.2, -0.15) is 0 Å². The summed E-state index contributed by atoms with van der Waals surface area (Å²) in [6.07, 6.45) is 5.08. The second-order valence-corrected chi connectivity index (χ2v) is 5.16. The van der Waals surface area contributed by atoms with Crippen LogP contribution in [0.2, 0.25) is 0 Å². The van der Waals surface area contributed by atoms with Gasteiger partial charge in [0.1, 0.15) is 0 Å². The highest BCUT2D eigenvalue weighted by Gasteiger charge is 2.34. The highest BCUT2D eigenvalue weighted by atomic mass is 19.2. The zero-order valence-electron chi connectivity index (χ0n) is 10.2. The van der Waals surface area contributed by atoms with Crippen LogP contribution in [0, 0.1) is 17.6 Å². The molecule has 1 aliphatic rings. The van der Waals surface area contributed by atoms with E-state index in [1.54, 1.807) is 6.07 Å². The molecule has 0 spiro atoms. The fourth-order valence-electron chi connectivity index (χ4n) is 2.84. The number of nitrogens with two attached hydrogens (primary N) is 1. The van der Waals surface area contributed by atoms with Crippen LogP contribution in [0.15, 0.2) is 18.2 Å². The number of halogens is 2. The summed E-state index contributed by atoms with van der Waals surface area (Å²) >= 11 is 0. The summed E-state index contributed by atoms with van der Waals surface area (Å²) in [4.78, 5) is 0. The van der Waals surface area contributed by atoms with Crippen molar-refractivity contribution in [2.75, 3.05) is 0 Å². The lowest BCUT2D eigenvalue weighted by Crippen LogP contribution is -2.41. The van der Waals surface area contributed by atoms with Crippen LogP contribution in [-0.4, -0.2) is 0 Å². The van der Waals surface area contributed by atoms with Gasteiger partial charge in [0.25, 0.3) is 0 Å². The highest BCUT2D eigenvalue weighted by Crippen LogP contribution is 2.39. The first-order valence-corrected chi connectivity index (χ1v) is 6.29. The molecule has 94 valence electrons. The van der Waals surface area contributed by atoms with Gasteiger partial charge in [0.05, 0.1) is 0 Å². The molecular formula is C14H19F2N. The third kappa shape index (κ3) is 2.49. The second-order valence-electron chi connectivity index (χ2n) is 5.16. The number of benzene rings is 1. The summed E-state index contributed by atoms with van der Waals surface area (Å²) in [7, 11) is 0. The molecule has 3 heteroatoms. The van der Waals surface area contributed by atoms with E-state index in [4.69, 9.17) is 5.73 Å². The molecule has 2 atom stereocenters. The Labute approximate surface area is 101 Å². The standard InChI is InChI=1S/C14H19F2N/c1-2-10-4-3-7-14(17,9-10)11-5-6-12(15)13(16)8-11/h5-6,8,10H,2-4,7,9,17H2,1H3. The molecule has 1 fully saturated rings. The van der Waals surface area contributed by atoms with Crippen molar-refractivity contribution in [3.05, 3.63) is 35.4 Å². The van der Waals surface area contributed by atoms with Gasteiger partial charge >= 0.3 is 0 Å². The molecule has 0 aliphatic heterocycles. The zero-order chi connectivity index (χ0) is 12.5. The Hall–Kier alpha value is -0.960. The average molecular weight is 239 g/mol. The smallest absolute Gasteiger partial charge is 0.159 e. The molecule has 0 bridgehead atoms. The summed E-state index contributed by atoms with van der Waals surface area (Å²) in [5, 5.41) is 0. The first-order valence-electron chi connectivity index (χ1n) is 6.29. The van der Waals surface area contributed by atoms with Gasteiger partial charge in [-0.05, 0) is 36.5 Å². The van der Waals surface area contributed by atoms with Crippen molar-refractivity contribution in [2.24, 2.45) is 11.7 Å². The SMILES string of the molecule is CCC1CCCC(N)(c2ccc(F)c(F)c2)C1. The molecule has 1 saturated carbocycles. The van der Waals surface area contributed by atoms with Gasteiger partial charge in [-0.1, -0.05) is 32.3 Å². The lowest BCUT2D eigenvalue weighted by molar-refractivity contribution is 0.220. The first-order chi connectivity index (χ1) is 8.05. The van der Waals surface area contributed by atoms with Gasteiger partial charge in [-0.25, -0.2) is 8.78 Å². The summed E-state index contributed by atoms with van der Waals surface area (Å²) in [6.45, 7) is 2.15. The first kappa shape index (κ1) is 12.5. The molecule has 1 nitrogen and oxygen atoms in total. The van der Waals surface area contributed by atoms with Crippen LogP contribution in [0.5, 0.6) is 0 Å². The zero-order valence-corrected chi connectivity index (χ0v) is 10.2. The van der Waals surface area contributed by atoms with Crippen molar-refractivity contribution in [1.29, 1.82) is 0 Å². The van der Waals surface area contributed by atoms with E-state index in [1.807, 2.05) is 0 Å². The highest BCUT2D eigenvalue weighted by molar-refractivity contribution is 5.26. The van der Waals surface area contributed by atoms with Crippen molar-refractivity contribution < 1.29 is 8.78 Å². The van der Waals surface area contributed by atoms with Crippen molar-refractivity contribution >= 4 is 0 Å². The normalized spacial score (nSPS) is 29.3. The molecule has 2 unspecified atom stereocenters. The number of hydrogen-bond acceptors (Lipinski definition) is 1. The van der Waals surface area contributed by atoms with E-state index in [-0.39, 0.29) is 0 Å². The molecule has 2 N–H and O–H groups in total. The minimum absolute atomic E-state index is 0.479. The van der Waals surface area contributed by atoms with Crippen LogP contribution in [0.25, 0.3) is 0 Å². The topological polar surface area (TPSA) is 26.0 Å². The molecule has 0 saturated heterocycles. The predicted octanol–water partition coefficient (Wildman–Crippen LogP) is 3.72. The molecule has 1 aromatic carbocycles. The lowest BCUT2D eigenvalue weighted by Gasteiger charge is -2.38. The molecule has 0 heterocycles. The molecule has 0 radical (unpaired) electrons. The fourth-order valence-corrected chi connectivity index (χ4v) is 2.84. The Balaban J connectivity index is 2.27. The van der Waals surface area contributed by atoms with Crippen molar-refractivity contribution in [1.82, 2.24) is 0 Å². The van der Waals surface area contributed by atoms with Gasteiger partial charge in [0.2, 0.25) is 0 Å². The van der Waals surface area contributed by atoms with E-state index >= 15 is 0 Å². The minimum Gasteiger partial charge on any atom is -0.321 e. The monoisotopic (exact) mass is 239 g/mol. The van der Waals surface area contributed by atoms with E-state index in [9.17, 15) is 8.78 Å². The summed E-state index contributed by atoms with van der Waals surface area (Å²) in [5.74, 6) is -1.01. The van der Waals surface area contributed by atoms with Crippen LogP contribution < -0.4 is 5.73 Å². The summed E-state index contributed by atoms with van der Waals surface area (Å²) in [6, 6.07) is 4.05. The van der Waals surface area contributed by atoms with Crippen LogP contribution in [0.1, 0.15) is 44.6 Å². The summed E-state index contributed by atoms with van der Waals surface area (Å²) in [5.41, 5.74) is 6.63. The van der Waals surface area contributed by atoms with Gasteiger partial charge in [-0.15, -0.1) is 0 Å². The molecule has 1 aliphatic carbocycles. The van der Waals surface area contributed by atoms with Gasteiger partial charge < -0.3 is 5.73 Å². The Morgan fingerprint density at radius 3 is 2.76 bits per heavy atom. The molecule has 0 aromatic heterocycles. The number of hydrogen-bond donors (Lipinski definition) is 1. The average Bonchev–Trinajstić information content (AvgIpc) is 2.32. The molecule has 1 aromatic rings. The van der Waals surface area contributed by atoms with Gasteiger partial charge in [-0.3, -0.25) is 0 Å². The Morgan fingerprint density at radius 2 is 2.12 bits per heavy atom. The fraction of sp³-hybridized carbons (Fsp3) is 0.571. The largest absolute Gasteiger partial charge is 0.321 e. The van der Waals surface area contributed by atoms with E-state index in [0.717, 1.165) is 31.2 Å². The van der Waals surface area contributed by atoms with E-state index < -0.39 is 17.2 Å². The molecule has 17 heavy (non-hydrogen) atoms. The van der Waals surface area contributed by atoms with E-state index in [2.05, 4.69) is 6.92 Å². The predicted molar refractivity (Wildman–Crippen MR) is 64.5 cm³/mol. The quantitative estimate of drug-likeness (QED) is 0.836. The van der Waals surface area contributed by atoms with Crippen LogP contribution in [0.3, 0.4) is 0 Å². The van der Waals surface area contributed by atoms with Crippen molar-refractivity contribution in [3.63, 3.8) is 0 Å². The third-order valence-corrected chi connectivity index (χ3v) is 3.96.